The van der Waals surface area contributed by atoms with Crippen molar-refractivity contribution >= 4 is 23.7 Å². The van der Waals surface area contributed by atoms with E-state index in [1.54, 1.807) is 0 Å². The zero-order valence-corrected chi connectivity index (χ0v) is 13.8. The zero-order valence-electron chi connectivity index (χ0n) is 13.8. The molecule has 0 radical (unpaired) electrons. The molecule has 6 nitrogen and oxygen atoms in total. The van der Waals surface area contributed by atoms with Crippen molar-refractivity contribution < 1.29 is 19.2 Å². The molecular weight excluding hydrogens is 308 g/mol. The lowest BCUT2D eigenvalue weighted by molar-refractivity contribution is -0.182. The Morgan fingerprint density at radius 2 is 1.83 bits per heavy atom. The Hall–Kier alpha value is -2.76. The molecule has 2 bridgehead atoms. The maximum atomic E-state index is 11.8. The van der Waals surface area contributed by atoms with E-state index in [0.29, 0.717) is 18.7 Å². The van der Waals surface area contributed by atoms with Crippen LogP contribution in [0, 0.1) is 0 Å². The quantitative estimate of drug-likeness (QED) is 0.775. The van der Waals surface area contributed by atoms with Gasteiger partial charge in [-0.25, -0.2) is 14.7 Å². The molecule has 1 aromatic carbocycles. The van der Waals surface area contributed by atoms with Crippen LogP contribution in [0.15, 0.2) is 42.1 Å². The molecule has 0 saturated carbocycles. The zero-order chi connectivity index (χ0) is 17.1. The second kappa shape index (κ2) is 6.78. The predicted molar refractivity (Wildman–Crippen MR) is 89.8 cm³/mol. The van der Waals surface area contributed by atoms with E-state index >= 15 is 0 Å². The SMILES string of the molecule is CN(C)c1ccc(/C=C2/C3CCCN2OC(=O)/C=C/C(=O)O3)cc1. The van der Waals surface area contributed by atoms with Crippen LogP contribution >= 0.6 is 0 Å². The fourth-order valence-corrected chi connectivity index (χ4v) is 2.73. The van der Waals surface area contributed by atoms with E-state index in [1.807, 2.05) is 49.3 Å². The maximum Gasteiger partial charge on any atom is 0.356 e. The summed E-state index contributed by atoms with van der Waals surface area (Å²) < 4.78 is 5.46. The lowest BCUT2D eigenvalue weighted by Gasteiger charge is -2.34. The molecule has 2 aliphatic rings. The first-order chi connectivity index (χ1) is 11.5. The van der Waals surface area contributed by atoms with Gasteiger partial charge >= 0.3 is 11.9 Å². The van der Waals surface area contributed by atoms with Crippen molar-refractivity contribution in [3.8, 4) is 0 Å². The first-order valence-electron chi connectivity index (χ1n) is 7.90. The van der Waals surface area contributed by atoms with Crippen LogP contribution in [0.2, 0.25) is 0 Å². The van der Waals surface area contributed by atoms with Crippen LogP contribution < -0.4 is 4.90 Å². The van der Waals surface area contributed by atoms with Gasteiger partial charge in [0.15, 0.2) is 0 Å². The molecule has 0 aliphatic carbocycles. The molecule has 1 unspecified atom stereocenters. The van der Waals surface area contributed by atoms with E-state index in [-0.39, 0.29) is 0 Å². The lowest BCUT2D eigenvalue weighted by atomic mass is 10.0. The molecular formula is C18H20N2O4. The molecule has 0 N–H and O–H groups in total. The summed E-state index contributed by atoms with van der Waals surface area (Å²) in [6.07, 6.45) is 5.16. The summed E-state index contributed by atoms with van der Waals surface area (Å²) in [4.78, 5) is 30.9. The molecule has 24 heavy (non-hydrogen) atoms. The number of benzene rings is 1. The lowest BCUT2D eigenvalue weighted by Crippen LogP contribution is -2.38. The number of carbonyl (C=O) groups excluding carboxylic acids is 2. The van der Waals surface area contributed by atoms with Gasteiger partial charge in [0.1, 0.15) is 6.10 Å². The van der Waals surface area contributed by atoms with Crippen LogP contribution in [0.3, 0.4) is 0 Å². The van der Waals surface area contributed by atoms with E-state index < -0.39 is 18.0 Å². The average Bonchev–Trinajstić information content (AvgIpc) is 2.58. The van der Waals surface area contributed by atoms with Gasteiger partial charge in [-0.3, -0.25) is 0 Å². The largest absolute Gasteiger partial charge is 0.453 e. The Morgan fingerprint density at radius 3 is 2.54 bits per heavy atom. The van der Waals surface area contributed by atoms with E-state index in [1.165, 1.54) is 5.06 Å². The van der Waals surface area contributed by atoms with Gasteiger partial charge in [-0.15, -0.1) is 0 Å². The molecule has 2 aliphatic heterocycles. The number of anilines is 1. The third-order valence-electron chi connectivity index (χ3n) is 3.98. The normalized spacial score (nSPS) is 23.7. The summed E-state index contributed by atoms with van der Waals surface area (Å²) in [5.41, 5.74) is 2.73. The van der Waals surface area contributed by atoms with Crippen molar-refractivity contribution in [3.05, 3.63) is 47.7 Å². The minimum Gasteiger partial charge on any atom is -0.453 e. The van der Waals surface area contributed by atoms with Crippen molar-refractivity contribution in [2.45, 2.75) is 18.9 Å². The second-order valence-corrected chi connectivity index (χ2v) is 5.97. The second-order valence-electron chi connectivity index (χ2n) is 5.97. The molecule has 0 aromatic heterocycles. The standard InChI is InChI=1S/C18H20N2O4/c1-19(2)14-7-5-13(6-8-14)12-15-16-4-3-11-20(15)24-18(22)10-9-17(21)23-16/h5-10,12,16H,3-4,11H2,1-2H3/b10-9+,15-12-. The minimum absolute atomic E-state index is 0.421. The van der Waals surface area contributed by atoms with Gasteiger partial charge in [-0.1, -0.05) is 12.1 Å². The number of hydroxylamine groups is 2. The van der Waals surface area contributed by atoms with Gasteiger partial charge in [0.05, 0.1) is 12.2 Å². The summed E-state index contributed by atoms with van der Waals surface area (Å²) >= 11 is 0. The Balaban J connectivity index is 1.93. The van der Waals surface area contributed by atoms with Crippen LogP contribution in [0.1, 0.15) is 18.4 Å². The van der Waals surface area contributed by atoms with Crippen LogP contribution in [0.25, 0.3) is 6.08 Å². The summed E-state index contributed by atoms with van der Waals surface area (Å²) in [6, 6.07) is 7.97. The molecule has 3 rings (SSSR count). The van der Waals surface area contributed by atoms with Crippen LogP contribution in [0.4, 0.5) is 5.69 Å². The number of rotatable bonds is 2. The topological polar surface area (TPSA) is 59.1 Å². The van der Waals surface area contributed by atoms with Gasteiger partial charge in [0.25, 0.3) is 0 Å². The maximum absolute atomic E-state index is 11.8. The molecule has 1 saturated heterocycles. The number of esters is 1. The fourth-order valence-electron chi connectivity index (χ4n) is 2.73. The highest BCUT2D eigenvalue weighted by atomic mass is 16.7. The number of hydrogen-bond acceptors (Lipinski definition) is 6. The Kier molecular flexibility index (Phi) is 4.55. The van der Waals surface area contributed by atoms with E-state index in [9.17, 15) is 9.59 Å². The van der Waals surface area contributed by atoms with Crippen molar-refractivity contribution in [1.29, 1.82) is 0 Å². The smallest absolute Gasteiger partial charge is 0.356 e. The highest BCUT2D eigenvalue weighted by molar-refractivity contribution is 5.92. The van der Waals surface area contributed by atoms with Gasteiger partial charge < -0.3 is 14.5 Å². The van der Waals surface area contributed by atoms with E-state index in [0.717, 1.165) is 29.8 Å². The van der Waals surface area contributed by atoms with Crippen LogP contribution in [-0.2, 0) is 19.2 Å². The van der Waals surface area contributed by atoms with Crippen LogP contribution in [0.5, 0.6) is 0 Å². The fraction of sp³-hybridized carbons (Fsp3) is 0.333. The third-order valence-corrected chi connectivity index (χ3v) is 3.98. The Bertz CT molecular complexity index is 661. The number of carbonyl (C=O) groups is 2. The highest BCUT2D eigenvalue weighted by Crippen LogP contribution is 2.28. The molecule has 1 atom stereocenters. The van der Waals surface area contributed by atoms with Gasteiger partial charge in [0.2, 0.25) is 0 Å². The minimum atomic E-state index is -0.580. The first kappa shape index (κ1) is 16.1. The molecule has 126 valence electrons. The Morgan fingerprint density at radius 1 is 1.12 bits per heavy atom. The molecule has 0 spiro atoms. The number of nitrogens with zero attached hydrogens (tertiary/aromatic N) is 2. The summed E-state index contributed by atoms with van der Waals surface area (Å²) in [5.74, 6) is -1.11. The van der Waals surface area contributed by atoms with Crippen LogP contribution in [-0.4, -0.2) is 43.7 Å². The average molecular weight is 328 g/mol. The highest BCUT2D eigenvalue weighted by Gasteiger charge is 2.31. The van der Waals surface area contributed by atoms with Crippen molar-refractivity contribution in [3.63, 3.8) is 0 Å². The van der Waals surface area contributed by atoms with E-state index in [2.05, 4.69) is 0 Å². The van der Waals surface area contributed by atoms with Crippen molar-refractivity contribution in [2.75, 3.05) is 25.5 Å². The molecule has 2 heterocycles. The summed E-state index contributed by atoms with van der Waals surface area (Å²) in [6.45, 7) is 0.579. The monoisotopic (exact) mass is 328 g/mol. The predicted octanol–water partition coefficient (Wildman–Crippen LogP) is 2.13. The molecule has 0 amide bonds. The first-order valence-corrected chi connectivity index (χ1v) is 7.90. The summed E-state index contributed by atoms with van der Waals surface area (Å²) in [7, 11) is 3.96. The molecule has 1 aromatic rings. The van der Waals surface area contributed by atoms with E-state index in [4.69, 9.17) is 9.57 Å². The van der Waals surface area contributed by atoms with Crippen molar-refractivity contribution in [2.24, 2.45) is 0 Å². The number of fused-ring (bicyclic) bond motifs is 2. The van der Waals surface area contributed by atoms with Gasteiger partial charge in [-0.2, -0.15) is 0 Å². The van der Waals surface area contributed by atoms with Gasteiger partial charge in [0, 0.05) is 31.9 Å². The summed E-state index contributed by atoms with van der Waals surface area (Å²) in [5, 5.41) is 1.53. The van der Waals surface area contributed by atoms with Crippen molar-refractivity contribution in [1.82, 2.24) is 5.06 Å². The number of hydrogen-bond donors (Lipinski definition) is 0. The Labute approximate surface area is 140 Å². The molecule has 1 fully saturated rings. The number of piperidine rings is 1. The molecule has 6 heteroatoms. The number of ether oxygens (including phenoxy) is 1. The third kappa shape index (κ3) is 3.59. The van der Waals surface area contributed by atoms with Gasteiger partial charge in [-0.05, 0) is 36.6 Å².